The number of ether oxygens (including phenoxy) is 2. The minimum absolute atomic E-state index is 0.0804. The van der Waals surface area contributed by atoms with E-state index in [-0.39, 0.29) is 43.9 Å². The molecule has 16 atom stereocenters. The summed E-state index contributed by atoms with van der Waals surface area (Å²) < 4.78 is 11.2. The van der Waals surface area contributed by atoms with E-state index in [2.05, 4.69) is 47.4 Å². The van der Waals surface area contributed by atoms with Crippen molar-refractivity contribution < 1.29 is 88.7 Å². The number of nitriles is 1. The van der Waals surface area contributed by atoms with Gasteiger partial charge in [0.15, 0.2) is 12.0 Å². The highest BCUT2D eigenvalue weighted by atomic mass is 16.6. The number of ketones is 1. The summed E-state index contributed by atoms with van der Waals surface area (Å²) >= 11 is 0. The summed E-state index contributed by atoms with van der Waals surface area (Å²) in [6.45, 7) is 8.74. The number of alkyl carbamates (subject to hydrolysis) is 1. The lowest BCUT2D eigenvalue weighted by molar-refractivity contribution is -0.149. The Morgan fingerprint density at radius 1 is 0.750 bits per heavy atom. The second-order valence-corrected chi connectivity index (χ2v) is 23.5. The summed E-state index contributed by atoms with van der Waals surface area (Å²) in [7, 11) is 0. The molecule has 2 aliphatic rings. The monoisotopic (exact) mass is 1240 g/mol. The van der Waals surface area contributed by atoms with Crippen molar-refractivity contribution in [2.75, 3.05) is 26.2 Å². The first-order valence-electron chi connectivity index (χ1n) is 30.6. The largest absolute Gasteiger partial charge is 0.508 e. The molecule has 0 saturated carbocycles. The lowest BCUT2D eigenvalue weighted by Crippen LogP contribution is -2.61. The average molecular weight is 1240 g/mol. The van der Waals surface area contributed by atoms with Crippen LogP contribution >= 0.6 is 0 Å². The van der Waals surface area contributed by atoms with Gasteiger partial charge in [-0.15, -0.1) is 0 Å². The highest BCUT2D eigenvalue weighted by Crippen LogP contribution is 2.27. The van der Waals surface area contributed by atoms with Crippen LogP contribution in [0, 0.1) is 29.1 Å². The molecule has 0 unspecified atom stereocenters. The van der Waals surface area contributed by atoms with E-state index in [0.717, 1.165) is 62.2 Å². The third kappa shape index (κ3) is 23.3. The molecule has 2 fully saturated rings. The number of carbonyl (C=O) groups is 8. The van der Waals surface area contributed by atoms with E-state index >= 15 is 0 Å². The number of amides is 7. The number of Topliss-reactive ketones (excluding diaryl/α,β-unsaturated/α-hetero) is 1. The zero-order chi connectivity index (χ0) is 65.2. The van der Waals surface area contributed by atoms with E-state index in [4.69, 9.17) is 14.7 Å². The number of benzene rings is 2. The molecule has 0 aromatic heterocycles. The minimum Gasteiger partial charge on any atom is -0.508 e. The molecule has 13 N–H and O–H groups in total. The maximum Gasteiger partial charge on any atom is 0.407 e. The van der Waals surface area contributed by atoms with E-state index < -0.39 is 165 Å². The molecule has 2 aliphatic heterocycles. The molecule has 2 aromatic rings. The first-order chi connectivity index (χ1) is 41.8. The van der Waals surface area contributed by atoms with Gasteiger partial charge in [-0.3, -0.25) is 33.6 Å². The Morgan fingerprint density at radius 2 is 1.41 bits per heavy atom. The quantitative estimate of drug-likeness (QED) is 0.0336. The van der Waals surface area contributed by atoms with E-state index in [1.54, 1.807) is 36.4 Å². The lowest BCUT2D eigenvalue weighted by atomic mass is 9.91. The first-order valence-corrected chi connectivity index (χ1v) is 30.6. The molecule has 2 heterocycles. The Kier molecular flexibility index (Phi) is 31.2. The summed E-state index contributed by atoms with van der Waals surface area (Å²) in [6.07, 6.45) is -7.81. The Hall–Kier alpha value is -6.83. The van der Waals surface area contributed by atoms with E-state index in [1.807, 2.05) is 0 Å². The highest BCUT2D eigenvalue weighted by Gasteiger charge is 2.47. The smallest absolute Gasteiger partial charge is 0.407 e. The maximum atomic E-state index is 14.6. The lowest BCUT2D eigenvalue weighted by Gasteiger charge is -2.33. The maximum absolute atomic E-state index is 14.6. The molecule has 2 aromatic carbocycles. The second-order valence-electron chi connectivity index (χ2n) is 23.5. The second kappa shape index (κ2) is 37.2. The number of aromatic hydroxyl groups is 1. The van der Waals surface area contributed by atoms with Crippen LogP contribution in [0.2, 0.25) is 0 Å². The highest BCUT2D eigenvalue weighted by molar-refractivity contribution is 5.96. The van der Waals surface area contributed by atoms with Gasteiger partial charge in [0.05, 0.1) is 49.4 Å². The van der Waals surface area contributed by atoms with Crippen LogP contribution in [-0.4, -0.2) is 197 Å². The average Bonchev–Trinajstić information content (AvgIpc) is 3.03. The molecule has 490 valence electrons. The summed E-state index contributed by atoms with van der Waals surface area (Å²) in [5.74, 6) is -6.70. The van der Waals surface area contributed by atoms with Gasteiger partial charge < -0.3 is 86.7 Å². The molecule has 7 amide bonds. The van der Waals surface area contributed by atoms with Crippen LogP contribution in [0.15, 0.2) is 54.6 Å². The topological polar surface area (TPSA) is 407 Å². The molecule has 26 nitrogen and oxygen atoms in total. The molecular weight excluding hydrogens is 1140 g/mol. The van der Waals surface area contributed by atoms with Crippen molar-refractivity contribution in [2.45, 2.75) is 217 Å². The summed E-state index contributed by atoms with van der Waals surface area (Å²) in [5.41, 5.74) is 0.775. The number of phenolic OH excluding ortho intramolecular Hbond substituents is 1. The van der Waals surface area contributed by atoms with Gasteiger partial charge >= 0.3 is 6.09 Å². The van der Waals surface area contributed by atoms with E-state index in [1.165, 1.54) is 37.6 Å². The number of likely N-dealkylation sites (tertiary alicyclic amines) is 2. The Bertz CT molecular complexity index is 2590. The van der Waals surface area contributed by atoms with Gasteiger partial charge in [0.1, 0.15) is 60.9 Å². The van der Waals surface area contributed by atoms with Crippen LogP contribution in [0.1, 0.15) is 149 Å². The van der Waals surface area contributed by atoms with Crippen molar-refractivity contribution in [3.05, 3.63) is 65.7 Å². The number of aliphatic hydroxyl groups excluding tert-OH is 7. The third-order valence-electron chi connectivity index (χ3n) is 16.2. The van der Waals surface area contributed by atoms with Crippen molar-refractivity contribution in [1.82, 2.24) is 36.4 Å². The number of carbonyl (C=O) groups excluding carboxylic acids is 8. The van der Waals surface area contributed by atoms with Crippen LogP contribution in [0.3, 0.4) is 0 Å². The van der Waals surface area contributed by atoms with Crippen molar-refractivity contribution in [3.63, 3.8) is 0 Å². The first kappa shape index (κ1) is 73.6. The number of nitrogens with zero attached hydrogens (tertiary/aromatic N) is 3. The number of unbranched alkanes of at least 4 members (excludes halogenated alkanes) is 5. The minimum atomic E-state index is -1.98. The predicted molar refractivity (Wildman–Crippen MR) is 318 cm³/mol. The zero-order valence-corrected chi connectivity index (χ0v) is 51.4. The summed E-state index contributed by atoms with van der Waals surface area (Å²) in [4.78, 5) is 112. The number of β-amino-alcohol motifs (C(OH)–C–C–N with tert-alkyl or cyclic N) is 1. The van der Waals surface area contributed by atoms with Gasteiger partial charge in [0, 0.05) is 38.9 Å². The molecule has 4 rings (SSSR count). The Balaban J connectivity index is 1.60. The molecular formula is C62H94N8O18. The van der Waals surface area contributed by atoms with Crippen LogP contribution < -0.4 is 26.6 Å². The van der Waals surface area contributed by atoms with Crippen LogP contribution in [0.5, 0.6) is 5.75 Å². The van der Waals surface area contributed by atoms with Gasteiger partial charge in [-0.25, -0.2) is 4.79 Å². The molecule has 26 heteroatoms. The van der Waals surface area contributed by atoms with Crippen molar-refractivity contribution in [1.29, 1.82) is 5.26 Å². The van der Waals surface area contributed by atoms with Gasteiger partial charge in [0.25, 0.3) is 0 Å². The van der Waals surface area contributed by atoms with Crippen molar-refractivity contribution in [2.24, 2.45) is 17.8 Å². The molecule has 0 spiro atoms. The van der Waals surface area contributed by atoms with E-state index in [9.17, 15) is 79.2 Å². The van der Waals surface area contributed by atoms with Crippen LogP contribution in [0.25, 0.3) is 0 Å². The molecule has 0 radical (unpaired) electrons. The summed E-state index contributed by atoms with van der Waals surface area (Å²) in [6, 6.07) is 6.92. The number of phenols is 1. The predicted octanol–water partition coefficient (Wildman–Crippen LogP) is 1.37. The van der Waals surface area contributed by atoms with Gasteiger partial charge in [0.2, 0.25) is 35.4 Å². The normalized spacial score (nSPS) is 20.7. The van der Waals surface area contributed by atoms with E-state index in [0.29, 0.717) is 30.2 Å². The Morgan fingerprint density at radius 3 is 2.05 bits per heavy atom. The number of aliphatic hydroxyl groups is 7. The summed E-state index contributed by atoms with van der Waals surface area (Å²) in [5, 5.41) is 109. The van der Waals surface area contributed by atoms with Crippen LogP contribution in [-0.2, 0) is 49.6 Å². The number of hydrogen-bond donors (Lipinski definition) is 13. The number of nitrogens with one attached hydrogen (secondary N) is 5. The third-order valence-corrected chi connectivity index (χ3v) is 16.2. The van der Waals surface area contributed by atoms with Crippen molar-refractivity contribution >= 4 is 47.3 Å². The SMILES string of the molecule is CC[C@H](C)C[C@H](C)CCCCCCCCC(=O)N[C@@H](C[C@@H](O)[C@H](NC(=O)[C@@H]1[C@@H](O)CCN1C(=O)[C@@H](C)[C@H](O)CC#N)OCCNC(=O)OCc1ccccc1)C(=O)N[C@H](C(=O)N1C[C@H](O)C[C@H]1C(=O)N[C@H](C(C)=O)[C@H](O)[C@@H](O)c1ccc(O)cc1)[C@@H](C)O. The van der Waals surface area contributed by atoms with Gasteiger partial charge in [-0.1, -0.05) is 115 Å². The fourth-order valence-corrected chi connectivity index (χ4v) is 10.8. The van der Waals surface area contributed by atoms with Crippen LogP contribution in [0.4, 0.5) is 4.79 Å². The fraction of sp³-hybridized carbons (Fsp3) is 0.661. The van der Waals surface area contributed by atoms with Gasteiger partial charge in [-0.2, -0.15) is 5.26 Å². The fourth-order valence-electron chi connectivity index (χ4n) is 10.8. The number of rotatable bonds is 37. The Labute approximate surface area is 514 Å². The number of hydrogen-bond acceptors (Lipinski definition) is 19. The molecule has 0 bridgehead atoms. The van der Waals surface area contributed by atoms with Crippen molar-refractivity contribution in [3.8, 4) is 11.8 Å². The zero-order valence-electron chi connectivity index (χ0n) is 51.4. The molecule has 88 heavy (non-hydrogen) atoms. The molecule has 2 saturated heterocycles. The standard InChI is InChI=1S/C62H94N8O18/c1-7-36(2)31-37(3)17-13-10-8-9-11-16-20-50(78)65-45(56(81)67-52(40(6)72)61(85)70-34-44(74)32-46(70)57(82)66-51(39(5)71)55(80)54(79)42-21-23-43(73)24-22-42)33-49(77)59(87-30-28-64-62(86)88-35-41-18-14-12-15-19-41)68-58(83)53-48(76)26-29-69(53)60(84)38(4)47(75)25-27-63/h12,14-15,18-19,21-24,36-38,40,44-49,51-55,59,72-77,79-80H,7-11,13,16-17,20,25-26,28-35H2,1-6H3,(H,64,86)(H,65,78)(H,66,82)(H,67,81)(H,68,83)/t36-,37+,38-,40+,44+,45-,46-,47+,48-,49+,51+,52-,53-,54-,55-,59+/m0/s1. The van der Waals surface area contributed by atoms with Gasteiger partial charge in [-0.05, 0) is 68.2 Å². The molecule has 0 aliphatic carbocycles.